The molecule has 128 valence electrons. The molecule has 24 heavy (non-hydrogen) atoms. The number of benzene rings is 1. The van der Waals surface area contributed by atoms with Gasteiger partial charge in [-0.05, 0) is 30.2 Å². The van der Waals surface area contributed by atoms with Gasteiger partial charge < -0.3 is 20.1 Å². The maximum atomic E-state index is 13.7. The summed E-state index contributed by atoms with van der Waals surface area (Å²) in [7, 11) is 2.94. The summed E-state index contributed by atoms with van der Waals surface area (Å²) in [6.45, 7) is 2.10. The highest BCUT2D eigenvalue weighted by molar-refractivity contribution is 5.74. The van der Waals surface area contributed by atoms with Crippen molar-refractivity contribution in [3.05, 3.63) is 53.5 Å². The van der Waals surface area contributed by atoms with Gasteiger partial charge in [0.05, 0.1) is 20.3 Å². The summed E-state index contributed by atoms with van der Waals surface area (Å²) in [6, 6.07) is 7.42. The van der Waals surface area contributed by atoms with Gasteiger partial charge in [0.1, 0.15) is 0 Å². The highest BCUT2D eigenvalue weighted by atomic mass is 19.1. The molecule has 7 heteroatoms. The Morgan fingerprint density at radius 1 is 1.25 bits per heavy atom. The standard InChI is InChI=1S/C17H20FN3O3/c1-11(13-5-6-15(23-2)14(18)8-13)21-17(22)20-10-12-4-7-16(24-3)19-9-12/h4-9,11H,10H2,1-3H3,(H2,20,21,22). The van der Waals surface area contributed by atoms with Crippen molar-refractivity contribution in [1.82, 2.24) is 15.6 Å². The molecule has 1 aromatic carbocycles. The van der Waals surface area contributed by atoms with Gasteiger partial charge >= 0.3 is 6.03 Å². The Hall–Kier alpha value is -2.83. The minimum atomic E-state index is -0.464. The molecule has 2 amide bonds. The average Bonchev–Trinajstić information content (AvgIpc) is 2.60. The van der Waals surface area contributed by atoms with Gasteiger partial charge in [-0.2, -0.15) is 0 Å². The van der Waals surface area contributed by atoms with Gasteiger partial charge in [-0.15, -0.1) is 0 Å². The number of aromatic nitrogens is 1. The zero-order chi connectivity index (χ0) is 17.5. The third-order valence-corrected chi connectivity index (χ3v) is 3.48. The molecule has 0 saturated carbocycles. The Morgan fingerprint density at radius 2 is 2.04 bits per heavy atom. The van der Waals surface area contributed by atoms with Crippen LogP contribution in [-0.4, -0.2) is 25.2 Å². The molecule has 0 bridgehead atoms. The van der Waals surface area contributed by atoms with Gasteiger partial charge in [0.15, 0.2) is 11.6 Å². The molecule has 0 aliphatic rings. The van der Waals surface area contributed by atoms with Crippen LogP contribution in [0.5, 0.6) is 11.6 Å². The fourth-order valence-corrected chi connectivity index (χ4v) is 2.10. The number of hydrogen-bond donors (Lipinski definition) is 2. The Kier molecular flexibility index (Phi) is 5.95. The quantitative estimate of drug-likeness (QED) is 0.853. The van der Waals surface area contributed by atoms with Crippen molar-refractivity contribution in [2.75, 3.05) is 14.2 Å². The third kappa shape index (κ3) is 4.58. The van der Waals surface area contributed by atoms with E-state index in [2.05, 4.69) is 15.6 Å². The van der Waals surface area contributed by atoms with Gasteiger partial charge in [-0.1, -0.05) is 12.1 Å². The zero-order valence-corrected chi connectivity index (χ0v) is 13.8. The molecule has 0 aliphatic carbocycles. The topological polar surface area (TPSA) is 72.5 Å². The number of hydrogen-bond acceptors (Lipinski definition) is 4. The molecule has 1 atom stereocenters. The number of amides is 2. The van der Waals surface area contributed by atoms with E-state index >= 15 is 0 Å². The Balaban J connectivity index is 1.87. The highest BCUT2D eigenvalue weighted by Gasteiger charge is 2.12. The lowest BCUT2D eigenvalue weighted by atomic mass is 10.1. The molecule has 2 N–H and O–H groups in total. The van der Waals surface area contributed by atoms with E-state index < -0.39 is 5.82 Å². The fourth-order valence-electron chi connectivity index (χ4n) is 2.10. The molecule has 2 rings (SSSR count). The minimum Gasteiger partial charge on any atom is -0.494 e. The van der Waals surface area contributed by atoms with Crippen molar-refractivity contribution in [2.24, 2.45) is 0 Å². The van der Waals surface area contributed by atoms with E-state index in [9.17, 15) is 9.18 Å². The van der Waals surface area contributed by atoms with Crippen LogP contribution in [0.15, 0.2) is 36.5 Å². The lowest BCUT2D eigenvalue weighted by Crippen LogP contribution is -2.36. The first kappa shape index (κ1) is 17.5. The number of carbonyl (C=O) groups excluding carboxylic acids is 1. The maximum absolute atomic E-state index is 13.7. The van der Waals surface area contributed by atoms with Crippen molar-refractivity contribution in [3.63, 3.8) is 0 Å². The van der Waals surface area contributed by atoms with Gasteiger partial charge in [-0.25, -0.2) is 14.2 Å². The second-order valence-corrected chi connectivity index (χ2v) is 5.15. The molecular formula is C17H20FN3O3. The summed E-state index contributed by atoms with van der Waals surface area (Å²) in [5, 5.41) is 5.48. The van der Waals surface area contributed by atoms with Crippen LogP contribution in [0, 0.1) is 5.82 Å². The van der Waals surface area contributed by atoms with Crippen LogP contribution in [0.25, 0.3) is 0 Å². The second kappa shape index (κ2) is 8.14. The lowest BCUT2D eigenvalue weighted by Gasteiger charge is -2.16. The van der Waals surface area contributed by atoms with Crippen LogP contribution in [-0.2, 0) is 6.54 Å². The van der Waals surface area contributed by atoms with E-state index in [1.807, 2.05) is 6.07 Å². The van der Waals surface area contributed by atoms with Crippen molar-refractivity contribution in [2.45, 2.75) is 19.5 Å². The van der Waals surface area contributed by atoms with Crippen molar-refractivity contribution >= 4 is 6.03 Å². The van der Waals surface area contributed by atoms with Crippen molar-refractivity contribution in [3.8, 4) is 11.6 Å². The van der Waals surface area contributed by atoms with E-state index in [1.165, 1.54) is 26.4 Å². The summed E-state index contributed by atoms with van der Waals surface area (Å²) in [6.07, 6.45) is 1.63. The smallest absolute Gasteiger partial charge is 0.315 e. The Morgan fingerprint density at radius 3 is 2.62 bits per heavy atom. The summed E-state index contributed by atoms with van der Waals surface area (Å²) in [5.41, 5.74) is 1.49. The molecule has 1 aromatic heterocycles. The number of halogens is 1. The summed E-state index contributed by atoms with van der Waals surface area (Å²) in [4.78, 5) is 16.0. The van der Waals surface area contributed by atoms with Crippen molar-refractivity contribution < 1.29 is 18.7 Å². The van der Waals surface area contributed by atoms with Gasteiger partial charge in [0, 0.05) is 18.8 Å². The highest BCUT2D eigenvalue weighted by Crippen LogP contribution is 2.21. The number of ether oxygens (including phenoxy) is 2. The Bertz CT molecular complexity index is 692. The molecule has 0 saturated heterocycles. The van der Waals surface area contributed by atoms with Crippen LogP contribution in [0.3, 0.4) is 0 Å². The molecule has 0 fully saturated rings. The van der Waals surface area contributed by atoms with Gasteiger partial charge in [0.2, 0.25) is 5.88 Å². The number of nitrogens with one attached hydrogen (secondary N) is 2. The number of methoxy groups -OCH3 is 2. The van der Waals surface area contributed by atoms with Gasteiger partial charge in [0.25, 0.3) is 0 Å². The van der Waals surface area contributed by atoms with E-state index in [-0.39, 0.29) is 17.8 Å². The number of nitrogens with zero attached hydrogens (tertiary/aromatic N) is 1. The predicted molar refractivity (Wildman–Crippen MR) is 87.5 cm³/mol. The summed E-state index contributed by atoms with van der Waals surface area (Å²) in [5.74, 6) is 0.217. The first-order valence-corrected chi connectivity index (χ1v) is 7.40. The minimum absolute atomic E-state index is 0.169. The zero-order valence-electron chi connectivity index (χ0n) is 13.8. The van der Waals surface area contributed by atoms with E-state index in [1.54, 1.807) is 25.3 Å². The molecule has 1 unspecified atom stereocenters. The predicted octanol–water partition coefficient (Wildman–Crippen LogP) is 2.80. The largest absolute Gasteiger partial charge is 0.494 e. The molecule has 1 heterocycles. The molecular weight excluding hydrogens is 313 g/mol. The number of carbonyl (C=O) groups is 1. The molecule has 2 aromatic rings. The third-order valence-electron chi connectivity index (χ3n) is 3.48. The first-order valence-electron chi connectivity index (χ1n) is 7.40. The van der Waals surface area contributed by atoms with E-state index in [0.29, 0.717) is 18.0 Å². The van der Waals surface area contributed by atoms with Crippen LogP contribution in [0.1, 0.15) is 24.1 Å². The Labute approximate surface area is 140 Å². The molecule has 0 spiro atoms. The van der Waals surface area contributed by atoms with Crippen LogP contribution in [0.2, 0.25) is 0 Å². The first-order chi connectivity index (χ1) is 11.5. The number of urea groups is 1. The normalized spacial score (nSPS) is 11.5. The van der Waals surface area contributed by atoms with Gasteiger partial charge in [-0.3, -0.25) is 0 Å². The van der Waals surface area contributed by atoms with Crippen LogP contribution in [0.4, 0.5) is 9.18 Å². The molecule has 6 nitrogen and oxygen atoms in total. The van der Waals surface area contributed by atoms with E-state index in [4.69, 9.17) is 9.47 Å². The maximum Gasteiger partial charge on any atom is 0.315 e. The number of pyridine rings is 1. The number of rotatable bonds is 6. The average molecular weight is 333 g/mol. The van der Waals surface area contributed by atoms with Crippen molar-refractivity contribution in [1.29, 1.82) is 0 Å². The lowest BCUT2D eigenvalue weighted by molar-refractivity contribution is 0.237. The molecule has 0 aliphatic heterocycles. The summed E-state index contributed by atoms with van der Waals surface area (Å²) < 4.78 is 23.6. The SMILES string of the molecule is COc1ccc(CNC(=O)NC(C)c2ccc(OC)c(F)c2)cn1. The monoisotopic (exact) mass is 333 g/mol. The second-order valence-electron chi connectivity index (χ2n) is 5.15. The van der Waals surface area contributed by atoms with Crippen LogP contribution >= 0.6 is 0 Å². The molecule has 0 radical (unpaired) electrons. The van der Waals surface area contributed by atoms with Crippen LogP contribution < -0.4 is 20.1 Å². The summed E-state index contributed by atoms with van der Waals surface area (Å²) >= 11 is 0. The van der Waals surface area contributed by atoms with E-state index in [0.717, 1.165) is 5.56 Å². The fraction of sp³-hybridized carbons (Fsp3) is 0.294.